The Morgan fingerprint density at radius 3 is 1.26 bits per heavy atom. The first kappa shape index (κ1) is 23.5. The zero-order chi connectivity index (χ0) is 26.4. The summed E-state index contributed by atoms with van der Waals surface area (Å²) in [5, 5.41) is 7.70. The van der Waals surface area contributed by atoms with E-state index in [1.807, 2.05) is 12.4 Å². The average Bonchev–Trinajstić information content (AvgIpc) is 3.24. The van der Waals surface area contributed by atoms with Gasteiger partial charge < -0.3 is 0 Å². The van der Waals surface area contributed by atoms with Gasteiger partial charge in [-0.1, -0.05) is 122 Å². The third-order valence-corrected chi connectivity index (χ3v) is 11.5. The van der Waals surface area contributed by atoms with E-state index in [4.69, 9.17) is 9.97 Å². The lowest BCUT2D eigenvalue weighted by molar-refractivity contribution is 1.35. The van der Waals surface area contributed by atoms with Gasteiger partial charge >= 0.3 is 0 Å². The monoisotopic (exact) mass is 516 g/mol. The SMILES string of the molecule is C[Si]1(C)C(c2cncc3ccccc23)=C(c2ccccc2)C(c2ccccc2)=C1c1cncc2ccccc12. The van der Waals surface area contributed by atoms with E-state index < -0.39 is 8.07 Å². The fraction of sp³-hybridized carbons (Fsp3) is 0.0556. The molecule has 0 saturated carbocycles. The van der Waals surface area contributed by atoms with Crippen LogP contribution in [-0.2, 0) is 0 Å². The molecule has 4 aromatic carbocycles. The number of rotatable bonds is 4. The highest BCUT2D eigenvalue weighted by Crippen LogP contribution is 2.56. The van der Waals surface area contributed by atoms with Crippen molar-refractivity contribution in [1.82, 2.24) is 9.97 Å². The molecule has 2 aromatic heterocycles. The van der Waals surface area contributed by atoms with E-state index in [1.165, 1.54) is 65.3 Å². The van der Waals surface area contributed by atoms with Crippen molar-refractivity contribution in [2.45, 2.75) is 13.1 Å². The van der Waals surface area contributed by atoms with E-state index >= 15 is 0 Å². The first-order chi connectivity index (χ1) is 19.1. The minimum Gasteiger partial charge on any atom is -0.263 e. The molecule has 0 amide bonds. The van der Waals surface area contributed by atoms with Crippen molar-refractivity contribution in [2.24, 2.45) is 0 Å². The molecule has 0 radical (unpaired) electrons. The first-order valence-corrected chi connectivity index (χ1v) is 16.4. The van der Waals surface area contributed by atoms with Crippen molar-refractivity contribution >= 4 is 51.2 Å². The molecule has 0 spiro atoms. The minimum atomic E-state index is -2.33. The molecule has 1 aliphatic heterocycles. The second kappa shape index (κ2) is 9.30. The predicted molar refractivity (Wildman–Crippen MR) is 167 cm³/mol. The molecular formula is C36H28N2Si. The molecule has 3 heteroatoms. The summed E-state index contributed by atoms with van der Waals surface area (Å²) in [5.74, 6) is 0. The Labute approximate surface area is 230 Å². The summed E-state index contributed by atoms with van der Waals surface area (Å²) in [6.45, 7) is 5.00. The summed E-state index contributed by atoms with van der Waals surface area (Å²) >= 11 is 0. The molecule has 0 bridgehead atoms. The van der Waals surface area contributed by atoms with Gasteiger partial charge in [0, 0.05) is 46.7 Å². The van der Waals surface area contributed by atoms with Gasteiger partial charge in [-0.15, -0.1) is 0 Å². The summed E-state index contributed by atoms with van der Waals surface area (Å²) in [5.41, 5.74) is 7.59. The zero-order valence-electron chi connectivity index (χ0n) is 22.1. The van der Waals surface area contributed by atoms with Gasteiger partial charge in [0.15, 0.2) is 0 Å². The molecule has 0 fully saturated rings. The number of aromatic nitrogens is 2. The Morgan fingerprint density at radius 2 is 0.821 bits per heavy atom. The number of fused-ring (bicyclic) bond motifs is 2. The van der Waals surface area contributed by atoms with Crippen LogP contribution in [0.3, 0.4) is 0 Å². The van der Waals surface area contributed by atoms with Crippen LogP contribution in [0.5, 0.6) is 0 Å². The van der Waals surface area contributed by atoms with Crippen LogP contribution in [0.25, 0.3) is 43.1 Å². The van der Waals surface area contributed by atoms with Gasteiger partial charge in [0.2, 0.25) is 0 Å². The zero-order valence-corrected chi connectivity index (χ0v) is 23.1. The van der Waals surface area contributed by atoms with Gasteiger partial charge in [0.25, 0.3) is 0 Å². The predicted octanol–water partition coefficient (Wildman–Crippen LogP) is 9.11. The lowest BCUT2D eigenvalue weighted by Gasteiger charge is -2.27. The topological polar surface area (TPSA) is 25.8 Å². The van der Waals surface area contributed by atoms with Crippen LogP contribution in [0.1, 0.15) is 22.3 Å². The second-order valence-electron chi connectivity index (χ2n) is 10.7. The molecule has 2 nitrogen and oxygen atoms in total. The molecular weight excluding hydrogens is 488 g/mol. The molecule has 0 saturated heterocycles. The van der Waals surface area contributed by atoms with Gasteiger partial charge in [-0.2, -0.15) is 0 Å². The maximum atomic E-state index is 4.75. The first-order valence-electron chi connectivity index (χ1n) is 13.4. The quantitative estimate of drug-likeness (QED) is 0.218. The van der Waals surface area contributed by atoms with E-state index in [1.54, 1.807) is 0 Å². The van der Waals surface area contributed by atoms with Gasteiger partial charge in [0.05, 0.1) is 0 Å². The van der Waals surface area contributed by atoms with Crippen LogP contribution in [-0.4, -0.2) is 18.0 Å². The van der Waals surface area contributed by atoms with Crippen LogP contribution in [0, 0.1) is 0 Å². The van der Waals surface area contributed by atoms with Crippen molar-refractivity contribution < 1.29 is 0 Å². The van der Waals surface area contributed by atoms with Gasteiger partial charge in [-0.05, 0) is 43.4 Å². The van der Waals surface area contributed by atoms with Crippen LogP contribution in [0.15, 0.2) is 134 Å². The largest absolute Gasteiger partial charge is 0.263 e. The van der Waals surface area contributed by atoms with Crippen molar-refractivity contribution in [3.05, 3.63) is 156 Å². The number of benzene rings is 4. The molecule has 0 atom stereocenters. The van der Waals surface area contributed by atoms with Gasteiger partial charge in [-0.3, -0.25) is 9.97 Å². The maximum absolute atomic E-state index is 4.75. The van der Waals surface area contributed by atoms with E-state index in [2.05, 4.69) is 135 Å². The summed E-state index contributed by atoms with van der Waals surface area (Å²) in [7, 11) is -2.33. The molecule has 3 heterocycles. The number of hydrogen-bond donors (Lipinski definition) is 0. The van der Waals surface area contributed by atoms with Gasteiger partial charge in [0.1, 0.15) is 8.07 Å². The maximum Gasteiger partial charge on any atom is 0.115 e. The highest BCUT2D eigenvalue weighted by molar-refractivity contribution is 7.13. The molecule has 0 N–H and O–H groups in total. The molecule has 1 aliphatic rings. The third-order valence-electron chi connectivity index (χ3n) is 8.00. The van der Waals surface area contributed by atoms with Crippen molar-refractivity contribution in [3.8, 4) is 0 Å². The third kappa shape index (κ3) is 3.77. The van der Waals surface area contributed by atoms with Crippen LogP contribution in [0.2, 0.25) is 13.1 Å². The summed E-state index contributed by atoms with van der Waals surface area (Å²) in [6, 6.07) is 39.1. The van der Waals surface area contributed by atoms with Crippen molar-refractivity contribution in [2.75, 3.05) is 0 Å². The fourth-order valence-corrected chi connectivity index (χ4v) is 10.1. The second-order valence-corrected chi connectivity index (χ2v) is 14.9. The molecule has 0 aliphatic carbocycles. The minimum absolute atomic E-state index is 1.17. The molecule has 186 valence electrons. The molecule has 6 aromatic rings. The Balaban J connectivity index is 1.66. The standard InChI is InChI=1S/C36H28N2Si/c1-39(2)35(31-23-37-21-27-17-9-11-19-29(27)31)33(25-13-5-3-6-14-25)34(26-15-7-4-8-16-26)36(39)32-24-38-22-28-18-10-12-20-30(28)32/h3-24H,1-2H3. The van der Waals surface area contributed by atoms with E-state index in [0.29, 0.717) is 0 Å². The van der Waals surface area contributed by atoms with Crippen molar-refractivity contribution in [1.29, 1.82) is 0 Å². The fourth-order valence-electron chi connectivity index (χ4n) is 6.36. The molecule has 39 heavy (non-hydrogen) atoms. The Kier molecular flexibility index (Phi) is 5.61. The summed E-state index contributed by atoms with van der Waals surface area (Å²) < 4.78 is 0. The highest BCUT2D eigenvalue weighted by atomic mass is 28.3. The van der Waals surface area contributed by atoms with E-state index in [-0.39, 0.29) is 0 Å². The normalized spacial score (nSPS) is 14.9. The lowest BCUT2D eigenvalue weighted by Crippen LogP contribution is -2.29. The number of nitrogens with zero attached hydrogens (tertiary/aromatic N) is 2. The van der Waals surface area contributed by atoms with E-state index in [9.17, 15) is 0 Å². The number of hydrogen-bond acceptors (Lipinski definition) is 2. The van der Waals surface area contributed by atoms with Crippen LogP contribution < -0.4 is 0 Å². The number of pyridine rings is 2. The number of allylic oxidation sites excluding steroid dienone is 2. The van der Waals surface area contributed by atoms with Crippen LogP contribution in [0.4, 0.5) is 0 Å². The summed E-state index contributed by atoms with van der Waals surface area (Å²) in [6.07, 6.45) is 8.13. The lowest BCUT2D eigenvalue weighted by atomic mass is 9.88. The average molecular weight is 517 g/mol. The summed E-state index contributed by atoms with van der Waals surface area (Å²) in [4.78, 5) is 9.51. The molecule has 0 unspecified atom stereocenters. The Bertz CT molecular complexity index is 1770. The highest BCUT2D eigenvalue weighted by Gasteiger charge is 2.44. The smallest absolute Gasteiger partial charge is 0.115 e. The van der Waals surface area contributed by atoms with Crippen LogP contribution >= 0.6 is 0 Å². The molecule has 7 rings (SSSR count). The van der Waals surface area contributed by atoms with Crippen molar-refractivity contribution in [3.63, 3.8) is 0 Å². The van der Waals surface area contributed by atoms with E-state index in [0.717, 1.165) is 0 Å². The van der Waals surface area contributed by atoms with Gasteiger partial charge in [-0.25, -0.2) is 0 Å². The Hall–Kier alpha value is -4.60. The Morgan fingerprint density at radius 1 is 0.436 bits per heavy atom.